The van der Waals surface area contributed by atoms with Crippen molar-refractivity contribution in [2.45, 2.75) is 45.3 Å². The number of aliphatic hydroxyl groups is 1. The van der Waals surface area contributed by atoms with Gasteiger partial charge in [0.15, 0.2) is 0 Å². The Hall–Kier alpha value is -1.10. The van der Waals surface area contributed by atoms with Crippen molar-refractivity contribution in [1.82, 2.24) is 0 Å². The van der Waals surface area contributed by atoms with Crippen LogP contribution in [0.2, 0.25) is 0 Å². The molecule has 5 N–H and O–H groups in total. The molecule has 2 atom stereocenters. The molecule has 0 aliphatic carbocycles. The minimum Gasteiger partial charge on any atom is -0.494 e. The van der Waals surface area contributed by atoms with Gasteiger partial charge in [-0.05, 0) is 49.1 Å². The van der Waals surface area contributed by atoms with Gasteiger partial charge in [0.25, 0.3) is 0 Å². The Morgan fingerprint density at radius 1 is 1.32 bits per heavy atom. The number of rotatable bonds is 7. The van der Waals surface area contributed by atoms with Crippen LogP contribution < -0.4 is 16.2 Å². The van der Waals surface area contributed by atoms with Crippen molar-refractivity contribution in [3.8, 4) is 5.75 Å². The lowest BCUT2D eigenvalue weighted by molar-refractivity contribution is 0.143. The lowest BCUT2D eigenvalue weighted by Crippen LogP contribution is -2.30. The number of hydrogen-bond acceptors (Lipinski definition) is 4. The Morgan fingerprint density at radius 3 is 2.53 bits per heavy atom. The van der Waals surface area contributed by atoms with E-state index < -0.39 is 6.10 Å². The zero-order valence-corrected chi connectivity index (χ0v) is 12.1. The molecule has 0 spiro atoms. The van der Waals surface area contributed by atoms with E-state index in [1.165, 1.54) is 0 Å². The van der Waals surface area contributed by atoms with Gasteiger partial charge in [-0.2, -0.15) is 0 Å². The monoisotopic (exact) mass is 266 g/mol. The van der Waals surface area contributed by atoms with E-state index in [4.69, 9.17) is 16.2 Å². The van der Waals surface area contributed by atoms with E-state index in [0.29, 0.717) is 25.5 Å². The Balaban J connectivity index is 3.00. The Kier molecular flexibility index (Phi) is 6.28. The quantitative estimate of drug-likeness (QED) is 0.704. The fourth-order valence-electron chi connectivity index (χ4n) is 2.09. The molecule has 1 aromatic rings. The number of benzene rings is 1. The fraction of sp³-hybridized carbons (Fsp3) is 0.600. The Morgan fingerprint density at radius 2 is 2.00 bits per heavy atom. The number of ether oxygens (including phenoxy) is 1. The summed E-state index contributed by atoms with van der Waals surface area (Å²) < 4.78 is 5.61. The zero-order valence-electron chi connectivity index (χ0n) is 12.1. The van der Waals surface area contributed by atoms with Crippen molar-refractivity contribution in [3.63, 3.8) is 0 Å². The van der Waals surface area contributed by atoms with Crippen LogP contribution in [-0.2, 0) is 0 Å². The first-order valence-electron chi connectivity index (χ1n) is 6.91. The molecule has 0 amide bonds. The fourth-order valence-corrected chi connectivity index (χ4v) is 2.09. The van der Waals surface area contributed by atoms with Gasteiger partial charge in [0.05, 0.1) is 12.7 Å². The second-order valence-electron chi connectivity index (χ2n) is 5.07. The summed E-state index contributed by atoms with van der Waals surface area (Å²) >= 11 is 0. The average molecular weight is 266 g/mol. The van der Waals surface area contributed by atoms with Crippen LogP contribution in [0.5, 0.6) is 5.75 Å². The van der Waals surface area contributed by atoms with Crippen LogP contribution in [0.1, 0.15) is 50.3 Å². The van der Waals surface area contributed by atoms with Gasteiger partial charge in [-0.15, -0.1) is 0 Å². The third kappa shape index (κ3) is 4.20. The first kappa shape index (κ1) is 16.0. The maximum absolute atomic E-state index is 10.2. The summed E-state index contributed by atoms with van der Waals surface area (Å²) in [6.45, 7) is 7.28. The topological polar surface area (TPSA) is 81.5 Å². The van der Waals surface area contributed by atoms with Crippen LogP contribution in [0.25, 0.3) is 0 Å². The van der Waals surface area contributed by atoms with Gasteiger partial charge in [0.2, 0.25) is 0 Å². The van der Waals surface area contributed by atoms with Crippen molar-refractivity contribution >= 4 is 0 Å². The normalized spacial score (nSPS) is 14.5. The summed E-state index contributed by atoms with van der Waals surface area (Å²) in [6, 6.07) is 5.43. The molecule has 108 valence electrons. The molecule has 0 aliphatic heterocycles. The minimum atomic E-state index is -0.684. The molecule has 19 heavy (non-hydrogen) atoms. The van der Waals surface area contributed by atoms with Crippen molar-refractivity contribution in [2.24, 2.45) is 11.5 Å². The van der Waals surface area contributed by atoms with Gasteiger partial charge in [-0.25, -0.2) is 0 Å². The minimum absolute atomic E-state index is 0.331. The molecule has 0 radical (unpaired) electrons. The van der Waals surface area contributed by atoms with Gasteiger partial charge in [0.1, 0.15) is 5.75 Å². The van der Waals surface area contributed by atoms with Crippen LogP contribution in [0.15, 0.2) is 18.2 Å². The molecular formula is C15H26N2O2. The van der Waals surface area contributed by atoms with E-state index in [0.717, 1.165) is 16.9 Å². The zero-order chi connectivity index (χ0) is 14.4. The number of hydrogen-bond donors (Lipinski definition) is 3. The second-order valence-corrected chi connectivity index (χ2v) is 5.07. The van der Waals surface area contributed by atoms with E-state index >= 15 is 0 Å². The Labute approximate surface area is 115 Å². The first-order chi connectivity index (χ1) is 9.01. The molecule has 0 saturated carbocycles. The van der Waals surface area contributed by atoms with Crippen LogP contribution >= 0.6 is 0 Å². The van der Waals surface area contributed by atoms with Crippen molar-refractivity contribution in [1.29, 1.82) is 0 Å². The Bertz CT molecular complexity index is 394. The lowest BCUT2D eigenvalue weighted by Gasteiger charge is -2.21. The molecule has 0 fully saturated rings. The summed E-state index contributed by atoms with van der Waals surface area (Å²) in [5.41, 5.74) is 13.3. The molecule has 1 aromatic carbocycles. The van der Waals surface area contributed by atoms with Crippen LogP contribution in [-0.4, -0.2) is 24.3 Å². The SMILES string of the molecule is CCOc1ccc(C(O)C(N)CCN)cc1C(C)C. The van der Waals surface area contributed by atoms with Gasteiger partial charge in [0, 0.05) is 6.04 Å². The standard InChI is InChI=1S/C15H26N2O2/c1-4-19-14-6-5-11(9-12(14)10(2)3)15(18)13(17)7-8-16/h5-6,9-10,13,15,18H,4,7-8,16-17H2,1-3H3. The summed E-state index contributed by atoms with van der Waals surface area (Å²) in [4.78, 5) is 0. The molecule has 4 heteroatoms. The van der Waals surface area contributed by atoms with Crippen molar-refractivity contribution in [3.05, 3.63) is 29.3 Å². The molecule has 0 aromatic heterocycles. The van der Waals surface area contributed by atoms with E-state index in [1.807, 2.05) is 25.1 Å². The van der Waals surface area contributed by atoms with Crippen molar-refractivity contribution < 1.29 is 9.84 Å². The molecule has 2 unspecified atom stereocenters. The third-order valence-corrected chi connectivity index (χ3v) is 3.20. The van der Waals surface area contributed by atoms with Crippen LogP contribution in [0, 0.1) is 0 Å². The van der Waals surface area contributed by atoms with Crippen LogP contribution in [0.4, 0.5) is 0 Å². The van der Waals surface area contributed by atoms with E-state index in [9.17, 15) is 5.11 Å². The highest BCUT2D eigenvalue weighted by atomic mass is 16.5. The third-order valence-electron chi connectivity index (χ3n) is 3.20. The van der Waals surface area contributed by atoms with Gasteiger partial charge in [-0.3, -0.25) is 0 Å². The highest BCUT2D eigenvalue weighted by Crippen LogP contribution is 2.30. The molecule has 0 aliphatic rings. The van der Waals surface area contributed by atoms with Gasteiger partial charge >= 0.3 is 0 Å². The lowest BCUT2D eigenvalue weighted by atomic mass is 9.94. The molecule has 0 saturated heterocycles. The predicted molar refractivity (Wildman–Crippen MR) is 78.3 cm³/mol. The molecule has 0 bridgehead atoms. The highest BCUT2D eigenvalue weighted by Gasteiger charge is 2.18. The summed E-state index contributed by atoms with van der Waals surface area (Å²) in [7, 11) is 0. The number of aliphatic hydroxyl groups excluding tert-OH is 1. The molecule has 1 rings (SSSR count). The summed E-state index contributed by atoms with van der Waals surface area (Å²) in [5.74, 6) is 1.21. The van der Waals surface area contributed by atoms with Crippen LogP contribution in [0.3, 0.4) is 0 Å². The van der Waals surface area contributed by atoms with Gasteiger partial charge in [-0.1, -0.05) is 19.9 Å². The average Bonchev–Trinajstić information content (AvgIpc) is 2.38. The number of nitrogens with two attached hydrogens (primary N) is 2. The molecular weight excluding hydrogens is 240 g/mol. The van der Waals surface area contributed by atoms with E-state index in [-0.39, 0.29) is 6.04 Å². The smallest absolute Gasteiger partial charge is 0.122 e. The molecule has 4 nitrogen and oxygen atoms in total. The van der Waals surface area contributed by atoms with Crippen molar-refractivity contribution in [2.75, 3.05) is 13.2 Å². The predicted octanol–water partition coefficient (Wildman–Crippen LogP) is 1.92. The first-order valence-corrected chi connectivity index (χ1v) is 6.91. The highest BCUT2D eigenvalue weighted by molar-refractivity contribution is 5.40. The molecule has 0 heterocycles. The largest absolute Gasteiger partial charge is 0.494 e. The van der Waals surface area contributed by atoms with E-state index in [1.54, 1.807) is 0 Å². The summed E-state index contributed by atoms with van der Waals surface area (Å²) in [6.07, 6.45) is -0.0810. The van der Waals surface area contributed by atoms with E-state index in [2.05, 4.69) is 13.8 Å². The second kappa shape index (κ2) is 7.48. The van der Waals surface area contributed by atoms with Gasteiger partial charge < -0.3 is 21.3 Å². The maximum Gasteiger partial charge on any atom is 0.122 e. The summed E-state index contributed by atoms with van der Waals surface area (Å²) in [5, 5.41) is 10.2. The maximum atomic E-state index is 10.2.